The number of para-hydroxylation sites is 1. The first-order valence-electron chi connectivity index (χ1n) is 20.9. The predicted molar refractivity (Wildman–Crippen MR) is 239 cm³/mol. The number of carbonyl (C=O) groups is 5. The average molecular weight is 848 g/mol. The molecule has 4 atom stereocenters. The Morgan fingerprint density at radius 3 is 2.00 bits per heavy atom. The van der Waals surface area contributed by atoms with Gasteiger partial charge in [-0.25, -0.2) is 4.79 Å². The minimum atomic E-state index is -2.26. The molecule has 0 saturated heterocycles. The number of nitrogens with one attached hydrogen (secondary N) is 4. The molecule has 4 N–H and O–H groups in total. The molecule has 1 heterocycles. The molecule has 0 aliphatic rings. The highest BCUT2D eigenvalue weighted by atomic mass is 28.4. The molecule has 2 aromatic carbocycles. The van der Waals surface area contributed by atoms with Gasteiger partial charge in [-0.3, -0.25) is 19.2 Å². The number of carbonyl (C=O) groups excluding carboxylic acids is 5. The molecule has 14 heteroatoms. The van der Waals surface area contributed by atoms with E-state index in [2.05, 4.69) is 69.1 Å². The summed E-state index contributed by atoms with van der Waals surface area (Å²) in [5.41, 5.74) is 3.33. The van der Waals surface area contributed by atoms with Gasteiger partial charge in [-0.2, -0.15) is 0 Å². The fourth-order valence-electron chi connectivity index (χ4n) is 8.04. The van der Waals surface area contributed by atoms with Crippen molar-refractivity contribution in [2.24, 2.45) is 5.92 Å². The van der Waals surface area contributed by atoms with E-state index >= 15 is 0 Å². The van der Waals surface area contributed by atoms with Crippen molar-refractivity contribution in [1.82, 2.24) is 25.8 Å². The van der Waals surface area contributed by atoms with Gasteiger partial charge in [-0.05, 0) is 80.1 Å². The molecular weight excluding hydrogens is 779 g/mol. The number of alkyl carbamates (subject to hydrolysis) is 1. The Morgan fingerprint density at radius 2 is 1.45 bits per heavy atom. The van der Waals surface area contributed by atoms with Gasteiger partial charge < -0.3 is 39.7 Å². The van der Waals surface area contributed by atoms with E-state index in [9.17, 15) is 24.0 Å². The van der Waals surface area contributed by atoms with Crippen LogP contribution in [0.4, 0.5) is 4.79 Å². The molecule has 1 aromatic heterocycles. The molecule has 0 bridgehead atoms. The number of methoxy groups -OCH3 is 1. The monoisotopic (exact) mass is 847 g/mol. The number of likely N-dealkylation sites (N-methyl/N-ethyl adjacent to an activating group) is 1. The molecule has 0 aliphatic heterocycles. The summed E-state index contributed by atoms with van der Waals surface area (Å²) in [7, 11) is 0.513. The van der Waals surface area contributed by atoms with Crippen LogP contribution in [-0.4, -0.2) is 86.4 Å². The van der Waals surface area contributed by atoms with E-state index < -0.39 is 67.7 Å². The maximum absolute atomic E-state index is 14.7. The van der Waals surface area contributed by atoms with Crippen molar-refractivity contribution in [1.29, 1.82) is 0 Å². The minimum absolute atomic E-state index is 0.0777. The zero-order valence-electron chi connectivity index (χ0n) is 38.0. The number of amides is 4. The highest BCUT2D eigenvalue weighted by Gasteiger charge is 2.47. The number of ether oxygens (including phenoxy) is 2. The lowest BCUT2D eigenvalue weighted by Gasteiger charge is -2.42. The van der Waals surface area contributed by atoms with Crippen LogP contribution in [-0.2, 0) is 35.1 Å². The maximum atomic E-state index is 14.7. The molecule has 0 saturated carbocycles. The first-order valence-corrected chi connectivity index (χ1v) is 23.0. The number of H-pyrrole nitrogens is 1. The van der Waals surface area contributed by atoms with Crippen LogP contribution in [0.5, 0.6) is 5.75 Å². The van der Waals surface area contributed by atoms with Gasteiger partial charge in [0, 0.05) is 36.5 Å². The number of allylic oxidation sites excluding steroid dienone is 1. The Labute approximate surface area is 357 Å². The summed E-state index contributed by atoms with van der Waals surface area (Å²) in [6.45, 7) is 25.6. The molecule has 0 fully saturated rings. The fourth-order valence-corrected chi connectivity index (χ4v) is 13.3. The molecule has 0 radical (unpaired) electrons. The number of hydrogen-bond acceptors (Lipinski definition) is 8. The summed E-state index contributed by atoms with van der Waals surface area (Å²) >= 11 is 0. The van der Waals surface area contributed by atoms with E-state index in [1.807, 2.05) is 55.5 Å². The molecule has 60 heavy (non-hydrogen) atoms. The largest absolute Gasteiger partial charge is 0.543 e. The first kappa shape index (κ1) is 49.3. The third-order valence-corrected chi connectivity index (χ3v) is 17.0. The average Bonchev–Trinajstić information content (AvgIpc) is 3.58. The zero-order chi connectivity index (χ0) is 45.1. The molecule has 3 aromatic rings. The van der Waals surface area contributed by atoms with Crippen LogP contribution in [0.25, 0.3) is 10.9 Å². The van der Waals surface area contributed by atoms with Crippen LogP contribution in [0.1, 0.15) is 106 Å². The van der Waals surface area contributed by atoms with Gasteiger partial charge in [0.25, 0.3) is 8.32 Å². The second-order valence-corrected chi connectivity index (χ2v) is 23.2. The Bertz CT molecular complexity index is 1930. The van der Waals surface area contributed by atoms with Crippen molar-refractivity contribution in [2.75, 3.05) is 20.7 Å². The van der Waals surface area contributed by atoms with Crippen LogP contribution in [0.2, 0.25) is 16.6 Å². The van der Waals surface area contributed by atoms with Crippen LogP contribution >= 0.6 is 0 Å². The highest BCUT2D eigenvalue weighted by Crippen LogP contribution is 2.43. The third-order valence-electron chi connectivity index (χ3n) is 11.0. The number of rotatable bonds is 20. The van der Waals surface area contributed by atoms with Crippen molar-refractivity contribution >= 4 is 49.0 Å². The van der Waals surface area contributed by atoms with E-state index in [1.54, 1.807) is 33.9 Å². The molecule has 3 rings (SSSR count). The summed E-state index contributed by atoms with van der Waals surface area (Å²) in [6.07, 6.45) is 1.31. The van der Waals surface area contributed by atoms with E-state index in [0.717, 1.165) is 27.8 Å². The van der Waals surface area contributed by atoms with Crippen LogP contribution < -0.4 is 20.4 Å². The van der Waals surface area contributed by atoms with Crippen molar-refractivity contribution < 1.29 is 37.9 Å². The Balaban J connectivity index is 2.05. The lowest BCUT2D eigenvalue weighted by Crippen LogP contribution is -2.58. The van der Waals surface area contributed by atoms with Crippen LogP contribution in [0.3, 0.4) is 0 Å². The Morgan fingerprint density at radius 1 is 0.850 bits per heavy atom. The smallest absolute Gasteiger partial charge is 0.407 e. The van der Waals surface area contributed by atoms with Crippen molar-refractivity contribution in [3.05, 3.63) is 78.0 Å². The molecule has 4 amide bonds. The zero-order valence-corrected chi connectivity index (χ0v) is 39.0. The molecule has 0 spiro atoms. The maximum Gasteiger partial charge on any atom is 0.407 e. The van der Waals surface area contributed by atoms with Crippen LogP contribution in [0, 0.1) is 5.92 Å². The predicted octanol–water partition coefficient (Wildman–Crippen LogP) is 8.12. The van der Waals surface area contributed by atoms with E-state index in [4.69, 9.17) is 13.9 Å². The summed E-state index contributed by atoms with van der Waals surface area (Å²) in [4.78, 5) is 72.8. The molecule has 0 aliphatic carbocycles. The summed E-state index contributed by atoms with van der Waals surface area (Å²) < 4.78 is 17.3. The summed E-state index contributed by atoms with van der Waals surface area (Å²) in [5, 5.41) is 9.32. The van der Waals surface area contributed by atoms with E-state index in [1.165, 1.54) is 19.1 Å². The topological polar surface area (TPSA) is 168 Å². The van der Waals surface area contributed by atoms with E-state index in [0.29, 0.717) is 28.6 Å². The van der Waals surface area contributed by atoms with Gasteiger partial charge in [-0.1, -0.05) is 84.4 Å². The van der Waals surface area contributed by atoms with Crippen molar-refractivity contribution in [3.8, 4) is 5.75 Å². The summed E-state index contributed by atoms with van der Waals surface area (Å²) in [6, 6.07) is 11.8. The normalized spacial score (nSPS) is 13.9. The van der Waals surface area contributed by atoms with Gasteiger partial charge >= 0.3 is 12.1 Å². The fraction of sp³-hybridized carbons (Fsp3) is 0.543. The Hall–Kier alpha value is -5.11. The standard InChI is InChI=1S/C46H69N5O8Si/c1-28(2)23-32(9)42(53)50-39(27-48-45(56)58-46(10,11)12)44(55)51(13)40(24-34-26-47-37-18-16-15-17-36(34)37)43(54)49-38(25-41(52)57-14)33-19-21-35(22-20-33)59-60(29(3)4,30(5)6)31(7)8/h15-22,26,29-32,38-40,47H,1,23-25,27H2,2-14H3,(H,48,56)(H,49,54)(H,50,53)/t32-,38+,39-,40+/m0/s1. The molecule has 13 nitrogen and oxygen atoms in total. The van der Waals surface area contributed by atoms with Crippen LogP contribution in [0.15, 0.2) is 66.9 Å². The van der Waals surface area contributed by atoms with Gasteiger partial charge in [-0.15, -0.1) is 6.58 Å². The quantitative estimate of drug-likeness (QED) is 0.0503. The number of nitrogens with zero attached hydrogens (tertiary/aromatic N) is 1. The second-order valence-electron chi connectivity index (χ2n) is 17.9. The number of benzene rings is 2. The number of aromatic amines is 1. The van der Waals surface area contributed by atoms with Crippen molar-refractivity contribution in [3.63, 3.8) is 0 Å². The van der Waals surface area contributed by atoms with Gasteiger partial charge in [0.15, 0.2) is 0 Å². The molecule has 330 valence electrons. The Kier molecular flexibility index (Phi) is 17.6. The van der Waals surface area contributed by atoms with Gasteiger partial charge in [0.2, 0.25) is 17.7 Å². The second kappa shape index (κ2) is 21.4. The minimum Gasteiger partial charge on any atom is -0.543 e. The molecular formula is C46H69N5O8Si. The third kappa shape index (κ3) is 13.2. The summed E-state index contributed by atoms with van der Waals surface area (Å²) in [5.74, 6) is -1.93. The first-order chi connectivity index (χ1) is 28.0. The number of esters is 1. The van der Waals surface area contributed by atoms with Crippen molar-refractivity contribution in [2.45, 2.75) is 136 Å². The molecule has 0 unspecified atom stereocenters. The number of fused-ring (bicyclic) bond motifs is 1. The van der Waals surface area contributed by atoms with E-state index in [-0.39, 0.29) is 19.4 Å². The number of aromatic nitrogens is 1. The highest BCUT2D eigenvalue weighted by molar-refractivity contribution is 6.78. The number of hydrogen-bond donors (Lipinski definition) is 4. The SMILES string of the molecule is C=C(C)C[C@H](C)C(=O)N[C@@H](CNC(=O)OC(C)(C)C)C(=O)N(C)[C@H](Cc1c[nH]c2ccccc12)C(=O)N[C@H](CC(=O)OC)c1ccc(O[Si](C(C)C)(C(C)C)C(C)C)cc1. The van der Waals surface area contributed by atoms with Gasteiger partial charge in [0.1, 0.15) is 23.4 Å². The van der Waals surface area contributed by atoms with Gasteiger partial charge in [0.05, 0.1) is 26.1 Å². The lowest BCUT2D eigenvalue weighted by atomic mass is 9.99. The lowest BCUT2D eigenvalue weighted by molar-refractivity contribution is -0.143.